The Bertz CT molecular complexity index is 521. The third kappa shape index (κ3) is 1.56. The van der Waals surface area contributed by atoms with E-state index in [1.807, 2.05) is 12.1 Å². The fraction of sp³-hybridized carbons (Fsp3) is 0.333. The van der Waals surface area contributed by atoms with Crippen LogP contribution in [-0.2, 0) is 0 Å². The van der Waals surface area contributed by atoms with Gasteiger partial charge in [-0.3, -0.25) is 0 Å². The maximum Gasteiger partial charge on any atom is 0.116 e. The predicted octanol–water partition coefficient (Wildman–Crippen LogP) is 2.36. The van der Waals surface area contributed by atoms with Crippen molar-refractivity contribution in [2.75, 3.05) is 13.1 Å². The molecule has 1 fully saturated rings. The lowest BCUT2D eigenvalue weighted by molar-refractivity contribution is 0.740. The topological polar surface area (TPSA) is 37.8 Å². The lowest BCUT2D eigenvalue weighted by atomic mass is 10.0. The van der Waals surface area contributed by atoms with Crippen LogP contribution in [0.25, 0.3) is 10.9 Å². The summed E-state index contributed by atoms with van der Waals surface area (Å²) in [5.41, 5.74) is 1.98. The Labute approximate surface area is 98.9 Å². The second kappa shape index (κ2) is 4.00. The van der Waals surface area contributed by atoms with Gasteiger partial charge in [-0.05, 0) is 19.0 Å². The fourth-order valence-electron chi connectivity index (χ4n) is 2.28. The number of hydrogen-bond donors (Lipinski definition) is 1. The predicted molar refractivity (Wildman–Crippen MR) is 64.8 cm³/mol. The number of aromatic nitrogens is 2. The maximum atomic E-state index is 6.13. The van der Waals surface area contributed by atoms with Gasteiger partial charge in [0.1, 0.15) is 6.33 Å². The van der Waals surface area contributed by atoms with E-state index in [1.165, 1.54) is 0 Å². The molecule has 1 aliphatic rings. The van der Waals surface area contributed by atoms with Crippen LogP contribution in [-0.4, -0.2) is 23.1 Å². The molecule has 0 saturated carbocycles. The lowest BCUT2D eigenvalue weighted by Gasteiger charge is -2.10. The zero-order valence-corrected chi connectivity index (χ0v) is 9.54. The van der Waals surface area contributed by atoms with Crippen molar-refractivity contribution in [1.29, 1.82) is 0 Å². The minimum absolute atomic E-state index is 0.490. The molecule has 3 rings (SSSR count). The van der Waals surface area contributed by atoms with E-state index in [2.05, 4.69) is 21.4 Å². The van der Waals surface area contributed by atoms with Crippen molar-refractivity contribution in [3.05, 3.63) is 35.2 Å². The molecule has 0 bridgehead atoms. The molecule has 0 aliphatic carbocycles. The first kappa shape index (κ1) is 10.00. The molecule has 16 heavy (non-hydrogen) atoms. The van der Waals surface area contributed by atoms with Crippen LogP contribution in [0, 0.1) is 0 Å². The van der Waals surface area contributed by atoms with Gasteiger partial charge in [0, 0.05) is 17.8 Å². The van der Waals surface area contributed by atoms with E-state index in [9.17, 15) is 0 Å². The first-order valence-corrected chi connectivity index (χ1v) is 5.84. The zero-order chi connectivity index (χ0) is 11.0. The average Bonchev–Trinajstić information content (AvgIpc) is 2.82. The minimum atomic E-state index is 0.490. The van der Waals surface area contributed by atoms with Crippen LogP contribution < -0.4 is 5.32 Å². The van der Waals surface area contributed by atoms with Crippen LogP contribution in [0.2, 0.25) is 5.02 Å². The normalized spacial score (nSPS) is 20.4. The molecule has 82 valence electrons. The number of fused-ring (bicyclic) bond motifs is 1. The molecule has 3 nitrogen and oxygen atoms in total. The highest BCUT2D eigenvalue weighted by Gasteiger charge is 2.20. The summed E-state index contributed by atoms with van der Waals surface area (Å²) in [6.07, 6.45) is 2.75. The Hall–Kier alpha value is -1.19. The Balaban J connectivity index is 2.20. The van der Waals surface area contributed by atoms with E-state index in [4.69, 9.17) is 11.6 Å². The maximum absolute atomic E-state index is 6.13. The molecule has 1 N–H and O–H groups in total. The number of benzene rings is 1. The van der Waals surface area contributed by atoms with E-state index in [1.54, 1.807) is 6.33 Å². The summed E-state index contributed by atoms with van der Waals surface area (Å²) in [6, 6.07) is 5.88. The molecule has 0 radical (unpaired) electrons. The molecule has 0 amide bonds. The molecule has 1 aromatic carbocycles. The molecule has 0 spiro atoms. The molecule has 2 heterocycles. The largest absolute Gasteiger partial charge is 0.316 e. The Morgan fingerprint density at radius 1 is 1.31 bits per heavy atom. The van der Waals surface area contributed by atoms with Gasteiger partial charge in [0.05, 0.1) is 16.2 Å². The van der Waals surface area contributed by atoms with Crippen molar-refractivity contribution in [3.8, 4) is 0 Å². The van der Waals surface area contributed by atoms with Gasteiger partial charge >= 0.3 is 0 Å². The van der Waals surface area contributed by atoms with Crippen LogP contribution in [0.4, 0.5) is 0 Å². The summed E-state index contributed by atoms with van der Waals surface area (Å²) in [4.78, 5) is 8.67. The Morgan fingerprint density at radius 3 is 3.06 bits per heavy atom. The monoisotopic (exact) mass is 233 g/mol. The van der Waals surface area contributed by atoms with Crippen LogP contribution in [0.1, 0.15) is 18.0 Å². The van der Waals surface area contributed by atoms with E-state index in [-0.39, 0.29) is 0 Å². The van der Waals surface area contributed by atoms with Gasteiger partial charge in [-0.1, -0.05) is 23.7 Å². The molecule has 1 saturated heterocycles. The SMILES string of the molecule is Clc1cccc2c(C3CCNC3)ncnc12. The summed E-state index contributed by atoms with van der Waals surface area (Å²) in [6.45, 7) is 2.06. The molecule has 1 aromatic heterocycles. The van der Waals surface area contributed by atoms with Gasteiger partial charge in [0.15, 0.2) is 0 Å². The number of halogens is 1. The van der Waals surface area contributed by atoms with Crippen LogP contribution in [0.5, 0.6) is 0 Å². The van der Waals surface area contributed by atoms with Gasteiger partial charge in [0.25, 0.3) is 0 Å². The standard InChI is InChI=1S/C12H12ClN3/c13-10-3-1-2-9-11(8-4-5-14-6-8)15-7-16-12(9)10/h1-3,7-8,14H,4-6H2. The first-order valence-electron chi connectivity index (χ1n) is 5.46. The molecule has 1 aliphatic heterocycles. The summed E-state index contributed by atoms with van der Waals surface area (Å²) in [7, 11) is 0. The number of hydrogen-bond acceptors (Lipinski definition) is 3. The van der Waals surface area contributed by atoms with Gasteiger partial charge in [0.2, 0.25) is 0 Å². The summed E-state index contributed by atoms with van der Waals surface area (Å²) >= 11 is 6.13. The summed E-state index contributed by atoms with van der Waals surface area (Å²) in [5, 5.41) is 5.14. The Morgan fingerprint density at radius 2 is 2.25 bits per heavy atom. The van der Waals surface area contributed by atoms with Crippen LogP contribution in [0.3, 0.4) is 0 Å². The van der Waals surface area contributed by atoms with Crippen LogP contribution in [0.15, 0.2) is 24.5 Å². The van der Waals surface area contributed by atoms with Gasteiger partial charge < -0.3 is 5.32 Å². The van der Waals surface area contributed by atoms with Crippen molar-refractivity contribution in [1.82, 2.24) is 15.3 Å². The highest BCUT2D eigenvalue weighted by molar-refractivity contribution is 6.35. The average molecular weight is 234 g/mol. The number of para-hydroxylation sites is 1. The molecule has 2 aromatic rings. The van der Waals surface area contributed by atoms with Crippen molar-refractivity contribution in [3.63, 3.8) is 0 Å². The Kier molecular flexibility index (Phi) is 2.50. The molecule has 1 atom stereocenters. The quantitative estimate of drug-likeness (QED) is 0.822. The van der Waals surface area contributed by atoms with E-state index in [0.717, 1.165) is 36.1 Å². The minimum Gasteiger partial charge on any atom is -0.316 e. The van der Waals surface area contributed by atoms with Gasteiger partial charge in [-0.2, -0.15) is 0 Å². The number of nitrogens with zero attached hydrogens (tertiary/aromatic N) is 2. The third-order valence-corrected chi connectivity index (χ3v) is 3.40. The summed E-state index contributed by atoms with van der Waals surface area (Å²) < 4.78 is 0. The van der Waals surface area contributed by atoms with Crippen molar-refractivity contribution in [2.45, 2.75) is 12.3 Å². The first-order chi connectivity index (χ1) is 7.86. The van der Waals surface area contributed by atoms with Crippen molar-refractivity contribution in [2.24, 2.45) is 0 Å². The highest BCUT2D eigenvalue weighted by atomic mass is 35.5. The molecular formula is C12H12ClN3. The highest BCUT2D eigenvalue weighted by Crippen LogP contribution is 2.29. The molecule has 4 heteroatoms. The fourth-order valence-corrected chi connectivity index (χ4v) is 2.51. The zero-order valence-electron chi connectivity index (χ0n) is 8.78. The number of nitrogens with one attached hydrogen (secondary N) is 1. The van der Waals surface area contributed by atoms with Crippen molar-refractivity contribution < 1.29 is 0 Å². The molecular weight excluding hydrogens is 222 g/mol. The van der Waals surface area contributed by atoms with Gasteiger partial charge in [-0.25, -0.2) is 9.97 Å². The van der Waals surface area contributed by atoms with Crippen LogP contribution >= 0.6 is 11.6 Å². The van der Waals surface area contributed by atoms with E-state index >= 15 is 0 Å². The number of rotatable bonds is 1. The lowest BCUT2D eigenvalue weighted by Crippen LogP contribution is -2.09. The smallest absolute Gasteiger partial charge is 0.116 e. The van der Waals surface area contributed by atoms with E-state index < -0.39 is 0 Å². The molecule has 1 unspecified atom stereocenters. The van der Waals surface area contributed by atoms with E-state index in [0.29, 0.717) is 10.9 Å². The third-order valence-electron chi connectivity index (χ3n) is 3.09. The van der Waals surface area contributed by atoms with Crippen molar-refractivity contribution >= 4 is 22.5 Å². The second-order valence-electron chi connectivity index (χ2n) is 4.08. The second-order valence-corrected chi connectivity index (χ2v) is 4.49. The summed E-state index contributed by atoms with van der Waals surface area (Å²) in [5.74, 6) is 0.490. The van der Waals surface area contributed by atoms with Gasteiger partial charge in [-0.15, -0.1) is 0 Å².